The number of nitrogens with zero attached hydrogens (tertiary/aromatic N) is 4. The third-order valence-electron chi connectivity index (χ3n) is 7.21. The van der Waals surface area contributed by atoms with Crippen LogP contribution < -0.4 is 10.7 Å². The first-order chi connectivity index (χ1) is 14.5. The zero-order valence-corrected chi connectivity index (χ0v) is 17.7. The third-order valence-corrected chi connectivity index (χ3v) is 7.21. The lowest BCUT2D eigenvalue weighted by Crippen LogP contribution is -2.67. The molecule has 3 heterocycles. The van der Waals surface area contributed by atoms with Crippen LogP contribution in [0.3, 0.4) is 0 Å². The summed E-state index contributed by atoms with van der Waals surface area (Å²) in [5, 5.41) is 5.29. The van der Waals surface area contributed by atoms with Crippen molar-refractivity contribution in [2.24, 2.45) is 13.0 Å². The highest BCUT2D eigenvalue weighted by Crippen LogP contribution is 2.36. The van der Waals surface area contributed by atoms with Crippen molar-refractivity contribution in [1.29, 1.82) is 0 Å². The van der Waals surface area contributed by atoms with Gasteiger partial charge in [0.05, 0.1) is 11.0 Å². The lowest BCUT2D eigenvalue weighted by Gasteiger charge is -2.50. The number of piperazine rings is 1. The van der Waals surface area contributed by atoms with E-state index >= 15 is 0 Å². The average Bonchev–Trinajstić information content (AvgIpc) is 3.37. The number of carbonyl (C=O) groups excluding carboxylic acids is 2. The summed E-state index contributed by atoms with van der Waals surface area (Å²) in [6.07, 6.45) is 4.11. The first kappa shape index (κ1) is 19.5. The number of hydrogen-bond donors (Lipinski definition) is 2. The summed E-state index contributed by atoms with van der Waals surface area (Å²) in [5.41, 5.74) is 5.49. The van der Waals surface area contributed by atoms with E-state index in [-0.39, 0.29) is 29.8 Å². The minimum Gasteiger partial charge on any atom is -0.355 e. The number of hydrogen-bond acceptors (Lipinski definition) is 5. The summed E-state index contributed by atoms with van der Waals surface area (Å²) in [6, 6.07) is 8.45. The van der Waals surface area contributed by atoms with Crippen molar-refractivity contribution in [3.8, 4) is 0 Å². The minimum atomic E-state index is -0.0407. The Morgan fingerprint density at radius 1 is 1.20 bits per heavy atom. The molecule has 3 fully saturated rings. The van der Waals surface area contributed by atoms with Gasteiger partial charge in [0, 0.05) is 51.6 Å². The number of carbonyl (C=O) groups is 2. The van der Waals surface area contributed by atoms with Crippen LogP contribution in [-0.2, 0) is 23.1 Å². The topological polar surface area (TPSA) is 82.5 Å². The van der Waals surface area contributed by atoms with Crippen LogP contribution in [0.1, 0.15) is 31.5 Å². The van der Waals surface area contributed by atoms with Gasteiger partial charge in [0.1, 0.15) is 11.9 Å². The predicted molar refractivity (Wildman–Crippen MR) is 113 cm³/mol. The molecule has 4 unspecified atom stereocenters. The minimum absolute atomic E-state index is 0.0325. The molecule has 8 heteroatoms. The number of fused-ring (bicyclic) bond motifs is 4. The molecule has 3 aliphatic rings. The van der Waals surface area contributed by atoms with Gasteiger partial charge >= 0.3 is 0 Å². The smallest absolute Gasteiger partial charge is 0.241 e. The van der Waals surface area contributed by atoms with E-state index in [4.69, 9.17) is 0 Å². The number of aryl methyl sites for hydroxylation is 1. The van der Waals surface area contributed by atoms with Crippen molar-refractivity contribution in [3.63, 3.8) is 0 Å². The Labute approximate surface area is 176 Å². The largest absolute Gasteiger partial charge is 0.355 e. The van der Waals surface area contributed by atoms with E-state index in [1.165, 1.54) is 0 Å². The van der Waals surface area contributed by atoms with Crippen LogP contribution in [0.5, 0.6) is 0 Å². The summed E-state index contributed by atoms with van der Waals surface area (Å²) in [5.74, 6) is 1.22. The van der Waals surface area contributed by atoms with Crippen LogP contribution in [0.15, 0.2) is 24.3 Å². The molecule has 2 aliphatic heterocycles. The maximum Gasteiger partial charge on any atom is 0.241 e. The van der Waals surface area contributed by atoms with Crippen molar-refractivity contribution in [3.05, 3.63) is 30.1 Å². The Balaban J connectivity index is 1.19. The first-order valence-electron chi connectivity index (χ1n) is 11.0. The lowest BCUT2D eigenvalue weighted by atomic mass is 9.79. The molecule has 4 atom stereocenters. The fraction of sp³-hybridized carbons (Fsp3) is 0.591. The van der Waals surface area contributed by atoms with E-state index in [1.807, 2.05) is 37.2 Å². The molecular weight excluding hydrogens is 380 g/mol. The van der Waals surface area contributed by atoms with Crippen molar-refractivity contribution in [2.45, 2.75) is 50.2 Å². The Bertz CT molecular complexity index is 972. The standard InChI is InChI=1S/C22H30N6O2/c1-26-16-6-4-3-5-15(16)25-20(26)10-11-23-21(29)14-7-8-17-19(13-14)27(2)22(30)18-9-12-24-28(17)18/h3-6,14,17-19,24H,7-13H2,1-2H3,(H,23,29). The monoisotopic (exact) mass is 410 g/mol. The van der Waals surface area contributed by atoms with Crippen LogP contribution >= 0.6 is 0 Å². The van der Waals surface area contributed by atoms with E-state index in [2.05, 4.69) is 31.4 Å². The number of para-hydroxylation sites is 2. The van der Waals surface area contributed by atoms with Gasteiger partial charge in [-0.1, -0.05) is 12.1 Å². The number of likely N-dealkylation sites (N-methyl/N-ethyl adjacent to an activating group) is 1. The van der Waals surface area contributed by atoms with Gasteiger partial charge in [0.15, 0.2) is 0 Å². The van der Waals surface area contributed by atoms with Gasteiger partial charge in [-0.15, -0.1) is 0 Å². The predicted octanol–water partition coefficient (Wildman–Crippen LogP) is 0.820. The van der Waals surface area contributed by atoms with Crippen molar-refractivity contribution >= 4 is 22.8 Å². The second-order valence-electron chi connectivity index (χ2n) is 8.83. The third kappa shape index (κ3) is 3.18. The molecule has 30 heavy (non-hydrogen) atoms. The average molecular weight is 411 g/mol. The first-order valence-corrected chi connectivity index (χ1v) is 11.0. The number of amides is 2. The highest BCUT2D eigenvalue weighted by Gasteiger charge is 2.50. The van der Waals surface area contributed by atoms with Crippen molar-refractivity contribution in [2.75, 3.05) is 20.1 Å². The molecule has 0 bridgehead atoms. The zero-order valence-electron chi connectivity index (χ0n) is 17.7. The highest BCUT2D eigenvalue weighted by molar-refractivity contribution is 5.84. The van der Waals surface area contributed by atoms with Gasteiger partial charge in [-0.2, -0.15) is 0 Å². The fourth-order valence-corrected chi connectivity index (χ4v) is 5.54. The van der Waals surface area contributed by atoms with E-state index in [0.29, 0.717) is 19.0 Å². The second kappa shape index (κ2) is 7.67. The number of nitrogens with one attached hydrogen (secondary N) is 2. The van der Waals surface area contributed by atoms with Crippen LogP contribution in [0.25, 0.3) is 11.0 Å². The molecule has 2 saturated heterocycles. The van der Waals surface area contributed by atoms with Gasteiger partial charge in [-0.3, -0.25) is 15.0 Å². The molecule has 8 nitrogen and oxygen atoms in total. The van der Waals surface area contributed by atoms with Crippen LogP contribution in [0.2, 0.25) is 0 Å². The Morgan fingerprint density at radius 3 is 2.87 bits per heavy atom. The molecule has 0 spiro atoms. The number of aromatic nitrogens is 2. The number of rotatable bonds is 4. The Hall–Kier alpha value is -2.45. The molecular formula is C22H30N6O2. The normalized spacial score (nSPS) is 29.1. The molecule has 0 radical (unpaired) electrons. The van der Waals surface area contributed by atoms with E-state index in [0.717, 1.165) is 49.1 Å². The Kier molecular flexibility index (Phi) is 4.99. The van der Waals surface area contributed by atoms with E-state index in [1.54, 1.807) is 0 Å². The quantitative estimate of drug-likeness (QED) is 0.780. The Morgan fingerprint density at radius 2 is 2.03 bits per heavy atom. The number of hydrazine groups is 1. The summed E-state index contributed by atoms with van der Waals surface area (Å²) < 4.78 is 2.09. The van der Waals surface area contributed by atoms with Gasteiger partial charge in [-0.25, -0.2) is 9.99 Å². The number of benzene rings is 1. The van der Waals surface area contributed by atoms with Crippen LogP contribution in [-0.4, -0.2) is 69.5 Å². The summed E-state index contributed by atoms with van der Waals surface area (Å²) in [6.45, 7) is 1.44. The van der Waals surface area contributed by atoms with E-state index < -0.39 is 0 Å². The maximum absolute atomic E-state index is 12.9. The molecule has 160 valence electrons. The van der Waals surface area contributed by atoms with E-state index in [9.17, 15) is 9.59 Å². The van der Waals surface area contributed by atoms with Gasteiger partial charge < -0.3 is 14.8 Å². The molecule has 2 aromatic rings. The zero-order chi connectivity index (χ0) is 20.8. The van der Waals surface area contributed by atoms with Crippen molar-refractivity contribution < 1.29 is 9.59 Å². The summed E-state index contributed by atoms with van der Waals surface area (Å²) in [7, 11) is 3.92. The molecule has 1 aliphatic carbocycles. The van der Waals surface area contributed by atoms with Crippen LogP contribution in [0, 0.1) is 5.92 Å². The molecule has 1 aromatic heterocycles. The molecule has 1 saturated carbocycles. The second-order valence-corrected chi connectivity index (χ2v) is 8.83. The highest BCUT2D eigenvalue weighted by atomic mass is 16.2. The summed E-state index contributed by atoms with van der Waals surface area (Å²) >= 11 is 0. The number of imidazole rings is 1. The van der Waals surface area contributed by atoms with Gasteiger partial charge in [0.25, 0.3) is 0 Å². The van der Waals surface area contributed by atoms with Gasteiger partial charge in [-0.05, 0) is 37.8 Å². The van der Waals surface area contributed by atoms with Crippen LogP contribution in [0.4, 0.5) is 0 Å². The lowest BCUT2D eigenvalue weighted by molar-refractivity contribution is -0.153. The fourth-order valence-electron chi connectivity index (χ4n) is 5.54. The van der Waals surface area contributed by atoms with Gasteiger partial charge in [0.2, 0.25) is 11.8 Å². The maximum atomic E-state index is 12.9. The molecule has 5 rings (SSSR count). The molecule has 2 N–H and O–H groups in total. The summed E-state index contributed by atoms with van der Waals surface area (Å²) in [4.78, 5) is 32.2. The molecule has 1 aromatic carbocycles. The van der Waals surface area contributed by atoms with Crippen molar-refractivity contribution in [1.82, 2.24) is 30.2 Å². The SMILES string of the molecule is CN1C(=O)C2CCNN2C2CCC(C(=O)NCCc3nc4ccccc4n3C)CC21. The molecule has 2 amide bonds.